The lowest BCUT2D eigenvalue weighted by Crippen LogP contribution is -2.54. The van der Waals surface area contributed by atoms with Gasteiger partial charge in [0.15, 0.2) is 0 Å². The number of aliphatic hydroxyl groups is 1. The van der Waals surface area contributed by atoms with Gasteiger partial charge in [0.2, 0.25) is 0 Å². The maximum atomic E-state index is 9.87. The SMILES string of the molecule is CC(O)C1CC(NCC(C)(C)C)CN(C(C)C)C1. The average molecular weight is 256 g/mol. The number of nitrogens with one attached hydrogen (secondary N) is 1. The summed E-state index contributed by atoms with van der Waals surface area (Å²) in [6.07, 6.45) is 0.891. The molecule has 3 nitrogen and oxygen atoms in total. The molecule has 0 aromatic carbocycles. The second-order valence-electron chi connectivity index (χ2n) is 7.42. The molecule has 108 valence electrons. The average Bonchev–Trinajstić information content (AvgIpc) is 2.25. The van der Waals surface area contributed by atoms with Crippen molar-refractivity contribution in [1.82, 2.24) is 10.2 Å². The normalized spacial score (nSPS) is 28.7. The van der Waals surface area contributed by atoms with E-state index >= 15 is 0 Å². The lowest BCUT2D eigenvalue weighted by molar-refractivity contribution is 0.0341. The number of nitrogens with zero attached hydrogens (tertiary/aromatic N) is 1. The highest BCUT2D eigenvalue weighted by Crippen LogP contribution is 2.22. The fourth-order valence-corrected chi connectivity index (χ4v) is 2.54. The molecule has 0 aliphatic carbocycles. The second-order valence-corrected chi connectivity index (χ2v) is 7.42. The zero-order valence-corrected chi connectivity index (χ0v) is 13.0. The van der Waals surface area contributed by atoms with Crippen molar-refractivity contribution >= 4 is 0 Å². The van der Waals surface area contributed by atoms with E-state index in [4.69, 9.17) is 0 Å². The minimum Gasteiger partial charge on any atom is -0.393 e. The number of aliphatic hydroxyl groups excluding tert-OH is 1. The summed E-state index contributed by atoms with van der Waals surface area (Å²) in [5.41, 5.74) is 0.320. The van der Waals surface area contributed by atoms with Crippen molar-refractivity contribution < 1.29 is 5.11 Å². The van der Waals surface area contributed by atoms with Gasteiger partial charge in [-0.05, 0) is 38.5 Å². The van der Waals surface area contributed by atoms with Crippen LogP contribution in [0.3, 0.4) is 0 Å². The van der Waals surface area contributed by atoms with Gasteiger partial charge in [0, 0.05) is 31.7 Å². The van der Waals surface area contributed by atoms with E-state index in [1.165, 1.54) is 0 Å². The number of hydrogen-bond acceptors (Lipinski definition) is 3. The highest BCUT2D eigenvalue weighted by atomic mass is 16.3. The molecule has 0 bridgehead atoms. The molecule has 0 aromatic rings. The fourth-order valence-electron chi connectivity index (χ4n) is 2.54. The third-order valence-electron chi connectivity index (χ3n) is 3.84. The van der Waals surface area contributed by atoms with Gasteiger partial charge in [-0.1, -0.05) is 20.8 Å². The molecule has 3 heteroatoms. The third kappa shape index (κ3) is 5.25. The molecule has 18 heavy (non-hydrogen) atoms. The van der Waals surface area contributed by atoms with Crippen LogP contribution in [-0.2, 0) is 0 Å². The van der Waals surface area contributed by atoms with Gasteiger partial charge in [0.25, 0.3) is 0 Å². The largest absolute Gasteiger partial charge is 0.393 e. The number of hydrogen-bond donors (Lipinski definition) is 2. The quantitative estimate of drug-likeness (QED) is 0.808. The van der Waals surface area contributed by atoms with E-state index in [1.807, 2.05) is 6.92 Å². The van der Waals surface area contributed by atoms with E-state index in [9.17, 15) is 5.11 Å². The Morgan fingerprint density at radius 2 is 1.83 bits per heavy atom. The number of likely N-dealkylation sites (tertiary alicyclic amines) is 1. The van der Waals surface area contributed by atoms with Gasteiger partial charge in [-0.3, -0.25) is 4.90 Å². The van der Waals surface area contributed by atoms with Crippen molar-refractivity contribution in [2.45, 2.75) is 66.2 Å². The summed E-state index contributed by atoms with van der Waals surface area (Å²) in [6, 6.07) is 1.07. The molecule has 1 aliphatic rings. The number of rotatable bonds is 4. The molecule has 1 fully saturated rings. The zero-order chi connectivity index (χ0) is 13.9. The zero-order valence-electron chi connectivity index (χ0n) is 13.0. The van der Waals surface area contributed by atoms with E-state index < -0.39 is 0 Å². The Labute approximate surface area is 113 Å². The highest BCUT2D eigenvalue weighted by molar-refractivity contribution is 4.87. The Bertz CT molecular complexity index is 229. The summed E-state index contributed by atoms with van der Waals surface area (Å²) in [6.45, 7) is 16.4. The minimum atomic E-state index is -0.203. The lowest BCUT2D eigenvalue weighted by atomic mass is 9.88. The Morgan fingerprint density at radius 1 is 1.22 bits per heavy atom. The van der Waals surface area contributed by atoms with Crippen molar-refractivity contribution in [3.63, 3.8) is 0 Å². The van der Waals surface area contributed by atoms with Crippen molar-refractivity contribution in [2.75, 3.05) is 19.6 Å². The van der Waals surface area contributed by atoms with Crippen LogP contribution in [-0.4, -0.2) is 47.8 Å². The molecule has 0 spiro atoms. The van der Waals surface area contributed by atoms with E-state index in [0.717, 1.165) is 26.1 Å². The van der Waals surface area contributed by atoms with Crippen LogP contribution in [0.15, 0.2) is 0 Å². The minimum absolute atomic E-state index is 0.203. The lowest BCUT2D eigenvalue weighted by Gasteiger charge is -2.42. The summed E-state index contributed by atoms with van der Waals surface area (Å²) in [5.74, 6) is 0.401. The van der Waals surface area contributed by atoms with Crippen LogP contribution < -0.4 is 5.32 Å². The van der Waals surface area contributed by atoms with E-state index in [2.05, 4.69) is 44.8 Å². The second kappa shape index (κ2) is 6.36. The van der Waals surface area contributed by atoms with E-state index in [1.54, 1.807) is 0 Å². The smallest absolute Gasteiger partial charge is 0.0553 e. The first kappa shape index (κ1) is 15.9. The summed E-state index contributed by atoms with van der Waals surface area (Å²) < 4.78 is 0. The summed E-state index contributed by atoms with van der Waals surface area (Å²) >= 11 is 0. The first-order valence-corrected chi connectivity index (χ1v) is 7.34. The molecule has 1 aliphatic heterocycles. The molecule has 1 heterocycles. The van der Waals surface area contributed by atoms with Gasteiger partial charge in [-0.2, -0.15) is 0 Å². The Balaban J connectivity index is 2.56. The van der Waals surface area contributed by atoms with Crippen molar-refractivity contribution in [3.8, 4) is 0 Å². The third-order valence-corrected chi connectivity index (χ3v) is 3.84. The molecule has 1 saturated heterocycles. The molecule has 1 rings (SSSR count). The molecular formula is C15H32N2O. The van der Waals surface area contributed by atoms with E-state index in [-0.39, 0.29) is 6.10 Å². The molecule has 0 amide bonds. The van der Waals surface area contributed by atoms with Crippen LogP contribution in [0.2, 0.25) is 0 Å². The Hall–Kier alpha value is -0.120. The van der Waals surface area contributed by atoms with Gasteiger partial charge in [-0.15, -0.1) is 0 Å². The fraction of sp³-hybridized carbons (Fsp3) is 1.00. The van der Waals surface area contributed by atoms with Gasteiger partial charge >= 0.3 is 0 Å². The molecule has 2 N–H and O–H groups in total. The maximum absolute atomic E-state index is 9.87. The first-order chi connectivity index (χ1) is 8.19. The predicted molar refractivity (Wildman–Crippen MR) is 77.7 cm³/mol. The van der Waals surface area contributed by atoms with Crippen LogP contribution in [0, 0.1) is 11.3 Å². The summed E-state index contributed by atoms with van der Waals surface area (Å²) in [5, 5.41) is 13.5. The molecule has 0 saturated carbocycles. The topological polar surface area (TPSA) is 35.5 Å². The monoisotopic (exact) mass is 256 g/mol. The standard InChI is InChI=1S/C15H32N2O/c1-11(2)17-8-13(12(3)18)7-14(9-17)16-10-15(4,5)6/h11-14,16,18H,7-10H2,1-6H3. The molecule has 0 aromatic heterocycles. The van der Waals surface area contributed by atoms with Crippen LogP contribution in [0.1, 0.15) is 48.0 Å². The highest BCUT2D eigenvalue weighted by Gasteiger charge is 2.31. The van der Waals surface area contributed by atoms with Crippen LogP contribution in [0.4, 0.5) is 0 Å². The Morgan fingerprint density at radius 3 is 2.28 bits per heavy atom. The van der Waals surface area contributed by atoms with Crippen molar-refractivity contribution in [3.05, 3.63) is 0 Å². The summed E-state index contributed by atoms with van der Waals surface area (Å²) in [4.78, 5) is 2.49. The Kier molecular flexibility index (Phi) is 5.63. The summed E-state index contributed by atoms with van der Waals surface area (Å²) in [7, 11) is 0. The van der Waals surface area contributed by atoms with Gasteiger partial charge < -0.3 is 10.4 Å². The van der Waals surface area contributed by atoms with Crippen molar-refractivity contribution in [2.24, 2.45) is 11.3 Å². The molecule has 3 unspecified atom stereocenters. The van der Waals surface area contributed by atoms with E-state index in [0.29, 0.717) is 23.4 Å². The van der Waals surface area contributed by atoms with Gasteiger partial charge in [0.05, 0.1) is 6.10 Å². The van der Waals surface area contributed by atoms with Crippen LogP contribution in [0.5, 0.6) is 0 Å². The predicted octanol–water partition coefficient (Wildman–Crippen LogP) is 2.10. The molecular weight excluding hydrogens is 224 g/mol. The maximum Gasteiger partial charge on any atom is 0.0553 e. The molecule has 0 radical (unpaired) electrons. The van der Waals surface area contributed by atoms with Gasteiger partial charge in [0.1, 0.15) is 0 Å². The number of piperidine rings is 1. The van der Waals surface area contributed by atoms with Crippen LogP contribution >= 0.6 is 0 Å². The van der Waals surface area contributed by atoms with Crippen LogP contribution in [0.25, 0.3) is 0 Å². The first-order valence-electron chi connectivity index (χ1n) is 7.34. The van der Waals surface area contributed by atoms with Crippen molar-refractivity contribution in [1.29, 1.82) is 0 Å². The molecule has 3 atom stereocenters. The van der Waals surface area contributed by atoms with Gasteiger partial charge in [-0.25, -0.2) is 0 Å².